The van der Waals surface area contributed by atoms with Gasteiger partial charge < -0.3 is 5.32 Å². The zero-order valence-corrected chi connectivity index (χ0v) is 9.71. The lowest BCUT2D eigenvalue weighted by Gasteiger charge is -2.08. The maximum absolute atomic E-state index is 13.4. The Labute approximate surface area is 103 Å². The Morgan fingerprint density at radius 3 is 2.50 bits per heavy atom. The summed E-state index contributed by atoms with van der Waals surface area (Å²) in [5, 5.41) is 2.35. The van der Waals surface area contributed by atoms with Gasteiger partial charge in [-0.05, 0) is 30.7 Å². The van der Waals surface area contributed by atoms with Crippen LogP contribution in [0.4, 0.5) is 14.5 Å². The van der Waals surface area contributed by atoms with Gasteiger partial charge in [-0.2, -0.15) is 0 Å². The van der Waals surface area contributed by atoms with Crippen LogP contribution in [0.3, 0.4) is 0 Å². The molecule has 0 aromatic heterocycles. The molecular weight excluding hydrogens is 236 g/mol. The van der Waals surface area contributed by atoms with Crippen molar-refractivity contribution in [2.45, 2.75) is 6.92 Å². The molecule has 0 saturated heterocycles. The van der Waals surface area contributed by atoms with Gasteiger partial charge in [0, 0.05) is 5.56 Å². The Morgan fingerprint density at radius 1 is 1.06 bits per heavy atom. The molecule has 0 fully saturated rings. The van der Waals surface area contributed by atoms with Crippen molar-refractivity contribution >= 4 is 11.6 Å². The number of anilines is 1. The van der Waals surface area contributed by atoms with Crippen molar-refractivity contribution in [2.24, 2.45) is 0 Å². The second-order valence-corrected chi connectivity index (χ2v) is 3.87. The minimum Gasteiger partial charge on any atom is -0.319 e. The Balaban J connectivity index is 2.27. The van der Waals surface area contributed by atoms with E-state index in [0.717, 1.165) is 11.6 Å². The predicted octanol–water partition coefficient (Wildman–Crippen LogP) is 3.53. The minimum atomic E-state index is -1.06. The van der Waals surface area contributed by atoms with Crippen LogP contribution in [0.5, 0.6) is 0 Å². The monoisotopic (exact) mass is 247 g/mol. The molecule has 0 aliphatic rings. The molecule has 18 heavy (non-hydrogen) atoms. The highest BCUT2D eigenvalue weighted by molar-refractivity contribution is 6.05. The zero-order valence-electron chi connectivity index (χ0n) is 9.71. The molecule has 1 amide bonds. The third-order valence-electron chi connectivity index (χ3n) is 2.59. The van der Waals surface area contributed by atoms with Crippen LogP contribution < -0.4 is 5.32 Å². The lowest BCUT2D eigenvalue weighted by Crippen LogP contribution is -2.14. The van der Waals surface area contributed by atoms with E-state index in [-0.39, 0.29) is 5.69 Å². The first-order valence-corrected chi connectivity index (χ1v) is 5.40. The summed E-state index contributed by atoms with van der Waals surface area (Å²) in [6, 6.07) is 10.6. The summed E-state index contributed by atoms with van der Waals surface area (Å²) >= 11 is 0. The molecule has 0 atom stereocenters. The number of hydrogen-bond donors (Lipinski definition) is 1. The fourth-order valence-electron chi connectivity index (χ4n) is 1.62. The molecule has 0 spiro atoms. The quantitative estimate of drug-likeness (QED) is 0.864. The van der Waals surface area contributed by atoms with Gasteiger partial charge in [0.2, 0.25) is 0 Å². The SMILES string of the molecule is Cc1ccccc1C(=O)Nc1cccc(F)c1F. The van der Waals surface area contributed by atoms with Crippen molar-refractivity contribution in [3.63, 3.8) is 0 Å². The van der Waals surface area contributed by atoms with Crippen LogP contribution in [0.25, 0.3) is 0 Å². The third-order valence-corrected chi connectivity index (χ3v) is 2.59. The highest BCUT2D eigenvalue weighted by Crippen LogP contribution is 2.18. The first-order valence-electron chi connectivity index (χ1n) is 5.40. The highest BCUT2D eigenvalue weighted by Gasteiger charge is 2.13. The number of rotatable bonds is 2. The first kappa shape index (κ1) is 12.2. The van der Waals surface area contributed by atoms with Crippen LogP contribution in [0.1, 0.15) is 15.9 Å². The number of benzene rings is 2. The Kier molecular flexibility index (Phi) is 3.37. The molecule has 0 unspecified atom stereocenters. The van der Waals surface area contributed by atoms with Crippen LogP contribution in [-0.4, -0.2) is 5.91 Å². The second kappa shape index (κ2) is 4.96. The molecule has 2 aromatic carbocycles. The normalized spacial score (nSPS) is 10.2. The van der Waals surface area contributed by atoms with E-state index in [2.05, 4.69) is 5.32 Å². The lowest BCUT2D eigenvalue weighted by molar-refractivity contribution is 0.102. The topological polar surface area (TPSA) is 29.1 Å². The van der Waals surface area contributed by atoms with Crippen LogP contribution in [-0.2, 0) is 0 Å². The maximum Gasteiger partial charge on any atom is 0.256 e. The van der Waals surface area contributed by atoms with Crippen molar-refractivity contribution in [3.05, 3.63) is 65.2 Å². The Hall–Kier alpha value is -2.23. The van der Waals surface area contributed by atoms with Crippen LogP contribution >= 0.6 is 0 Å². The number of nitrogens with one attached hydrogen (secondary N) is 1. The van der Waals surface area contributed by atoms with Crippen molar-refractivity contribution in [1.82, 2.24) is 0 Å². The van der Waals surface area contributed by atoms with E-state index in [4.69, 9.17) is 0 Å². The lowest BCUT2D eigenvalue weighted by atomic mass is 10.1. The summed E-state index contributed by atoms with van der Waals surface area (Å²) in [4.78, 5) is 11.9. The van der Waals surface area contributed by atoms with E-state index in [0.29, 0.717) is 5.56 Å². The summed E-state index contributed by atoms with van der Waals surface area (Å²) in [6.45, 7) is 1.77. The van der Waals surface area contributed by atoms with E-state index in [1.165, 1.54) is 12.1 Å². The molecule has 4 heteroatoms. The van der Waals surface area contributed by atoms with Gasteiger partial charge in [0.1, 0.15) is 0 Å². The number of carbonyl (C=O) groups excluding carboxylic acids is 1. The molecule has 2 aromatic rings. The van der Waals surface area contributed by atoms with Gasteiger partial charge in [-0.25, -0.2) is 8.78 Å². The number of carbonyl (C=O) groups is 1. The average Bonchev–Trinajstić information content (AvgIpc) is 2.35. The zero-order chi connectivity index (χ0) is 13.1. The number of halogens is 2. The van der Waals surface area contributed by atoms with E-state index >= 15 is 0 Å². The molecule has 2 nitrogen and oxygen atoms in total. The summed E-state index contributed by atoms with van der Waals surface area (Å²) in [5.74, 6) is -2.50. The molecule has 0 radical (unpaired) electrons. The van der Waals surface area contributed by atoms with Crippen molar-refractivity contribution in [3.8, 4) is 0 Å². The number of aryl methyl sites for hydroxylation is 1. The fraction of sp³-hybridized carbons (Fsp3) is 0.0714. The summed E-state index contributed by atoms with van der Waals surface area (Å²) in [7, 11) is 0. The van der Waals surface area contributed by atoms with Crippen LogP contribution in [0, 0.1) is 18.6 Å². The molecule has 0 bridgehead atoms. The number of hydrogen-bond acceptors (Lipinski definition) is 1. The van der Waals surface area contributed by atoms with Gasteiger partial charge in [-0.1, -0.05) is 24.3 Å². The summed E-state index contributed by atoms with van der Waals surface area (Å²) < 4.78 is 26.4. The minimum absolute atomic E-state index is 0.164. The molecule has 0 aliphatic carbocycles. The van der Waals surface area contributed by atoms with Gasteiger partial charge in [0.05, 0.1) is 5.69 Å². The van der Waals surface area contributed by atoms with Crippen LogP contribution in [0.2, 0.25) is 0 Å². The summed E-state index contributed by atoms with van der Waals surface area (Å²) in [5.41, 5.74) is 1.04. The largest absolute Gasteiger partial charge is 0.319 e. The predicted molar refractivity (Wildman–Crippen MR) is 65.5 cm³/mol. The molecule has 92 valence electrons. The smallest absolute Gasteiger partial charge is 0.256 e. The van der Waals surface area contributed by atoms with Crippen molar-refractivity contribution < 1.29 is 13.6 Å². The number of amides is 1. The molecule has 0 aliphatic heterocycles. The standard InChI is InChI=1S/C14H11F2NO/c1-9-5-2-3-6-10(9)14(18)17-12-8-4-7-11(15)13(12)16/h2-8H,1H3,(H,17,18). The van der Waals surface area contributed by atoms with E-state index < -0.39 is 17.5 Å². The fourth-order valence-corrected chi connectivity index (χ4v) is 1.62. The Bertz CT molecular complexity index is 596. The van der Waals surface area contributed by atoms with Crippen molar-refractivity contribution in [2.75, 3.05) is 5.32 Å². The third kappa shape index (κ3) is 2.37. The molecule has 0 heterocycles. The van der Waals surface area contributed by atoms with Crippen LogP contribution in [0.15, 0.2) is 42.5 Å². The molecule has 2 rings (SSSR count). The molecule has 1 N–H and O–H groups in total. The molecule has 0 saturated carbocycles. The van der Waals surface area contributed by atoms with Gasteiger partial charge >= 0.3 is 0 Å². The molecular formula is C14H11F2NO. The van der Waals surface area contributed by atoms with Gasteiger partial charge in [0.25, 0.3) is 5.91 Å². The van der Waals surface area contributed by atoms with Gasteiger partial charge in [-0.3, -0.25) is 4.79 Å². The summed E-state index contributed by atoms with van der Waals surface area (Å²) in [6.07, 6.45) is 0. The van der Waals surface area contributed by atoms with E-state index in [9.17, 15) is 13.6 Å². The Morgan fingerprint density at radius 2 is 1.78 bits per heavy atom. The highest BCUT2D eigenvalue weighted by atomic mass is 19.2. The van der Waals surface area contributed by atoms with E-state index in [1.807, 2.05) is 0 Å². The first-order chi connectivity index (χ1) is 8.59. The average molecular weight is 247 g/mol. The van der Waals surface area contributed by atoms with Crippen molar-refractivity contribution in [1.29, 1.82) is 0 Å². The van der Waals surface area contributed by atoms with E-state index in [1.54, 1.807) is 31.2 Å². The van der Waals surface area contributed by atoms with Gasteiger partial charge in [-0.15, -0.1) is 0 Å². The second-order valence-electron chi connectivity index (χ2n) is 3.87. The van der Waals surface area contributed by atoms with Gasteiger partial charge in [0.15, 0.2) is 11.6 Å². The maximum atomic E-state index is 13.4.